The molecular weight excluding hydrogens is 209 g/mol. The summed E-state index contributed by atoms with van der Waals surface area (Å²) in [7, 11) is 0. The van der Waals surface area contributed by atoms with Crippen molar-refractivity contribution in [2.45, 2.75) is 20.0 Å². The molecule has 1 N–H and O–H groups in total. The monoisotopic (exact) mass is 221 g/mol. The van der Waals surface area contributed by atoms with Crippen LogP contribution in [0.1, 0.15) is 28.8 Å². The Balaban J connectivity index is 2.38. The fourth-order valence-electron chi connectivity index (χ4n) is 1.68. The maximum atomic E-state index is 13.0. The summed E-state index contributed by atoms with van der Waals surface area (Å²) in [6, 6.07) is 3.00. The number of aromatic nitrogens is 1. The van der Waals surface area contributed by atoms with E-state index in [0.717, 1.165) is 12.0 Å². The predicted molar refractivity (Wildman–Crippen MR) is 56.4 cm³/mol. The molecule has 0 aromatic carbocycles. The van der Waals surface area contributed by atoms with Crippen molar-refractivity contribution < 1.29 is 13.9 Å². The van der Waals surface area contributed by atoms with Crippen LogP contribution >= 0.6 is 0 Å². The van der Waals surface area contributed by atoms with Gasteiger partial charge < -0.3 is 9.52 Å². The highest BCUT2D eigenvalue weighted by atomic mass is 19.1. The van der Waals surface area contributed by atoms with Gasteiger partial charge in [-0.3, -0.25) is 4.98 Å². The van der Waals surface area contributed by atoms with Crippen LogP contribution in [0.4, 0.5) is 4.39 Å². The summed E-state index contributed by atoms with van der Waals surface area (Å²) in [4.78, 5) is 3.70. The second-order valence-electron chi connectivity index (χ2n) is 3.71. The van der Waals surface area contributed by atoms with Crippen LogP contribution < -0.4 is 0 Å². The first-order valence-corrected chi connectivity index (χ1v) is 4.93. The molecule has 3 nitrogen and oxygen atoms in total. The standard InChI is InChI=1S/C12H12FNO2/c1-7-3-11(8(2)16-7)12(15)9-4-10(13)6-14-5-9/h3-6,12,15H,1-2H3. The van der Waals surface area contributed by atoms with Crippen molar-refractivity contribution in [3.63, 3.8) is 0 Å². The van der Waals surface area contributed by atoms with E-state index in [1.165, 1.54) is 12.3 Å². The molecule has 1 unspecified atom stereocenters. The van der Waals surface area contributed by atoms with Gasteiger partial charge in [-0.2, -0.15) is 0 Å². The Bertz CT molecular complexity index is 507. The lowest BCUT2D eigenvalue weighted by atomic mass is 10.0. The smallest absolute Gasteiger partial charge is 0.141 e. The summed E-state index contributed by atoms with van der Waals surface area (Å²) in [5, 5.41) is 10.0. The van der Waals surface area contributed by atoms with Gasteiger partial charge in [-0.05, 0) is 26.0 Å². The van der Waals surface area contributed by atoms with Crippen molar-refractivity contribution in [1.29, 1.82) is 0 Å². The third-order valence-electron chi connectivity index (χ3n) is 2.42. The topological polar surface area (TPSA) is 46.3 Å². The highest BCUT2D eigenvalue weighted by Crippen LogP contribution is 2.26. The maximum absolute atomic E-state index is 13.0. The van der Waals surface area contributed by atoms with E-state index in [2.05, 4.69) is 4.98 Å². The quantitative estimate of drug-likeness (QED) is 0.847. The lowest BCUT2D eigenvalue weighted by molar-refractivity contribution is 0.217. The Morgan fingerprint density at radius 2 is 2.06 bits per heavy atom. The first kappa shape index (κ1) is 10.8. The van der Waals surface area contributed by atoms with Crippen LogP contribution in [0.5, 0.6) is 0 Å². The third kappa shape index (κ3) is 1.97. The molecule has 0 radical (unpaired) electrons. The summed E-state index contributed by atoms with van der Waals surface area (Å²) in [6.45, 7) is 3.56. The van der Waals surface area contributed by atoms with Crippen LogP contribution in [0.2, 0.25) is 0 Å². The lowest BCUT2D eigenvalue weighted by Gasteiger charge is -2.09. The Morgan fingerprint density at radius 3 is 2.62 bits per heavy atom. The zero-order valence-electron chi connectivity index (χ0n) is 9.07. The Labute approximate surface area is 92.6 Å². The molecule has 0 bridgehead atoms. The van der Waals surface area contributed by atoms with Gasteiger partial charge in [0, 0.05) is 17.3 Å². The minimum absolute atomic E-state index is 0.420. The predicted octanol–water partition coefficient (Wildman–Crippen LogP) is 2.51. The van der Waals surface area contributed by atoms with Gasteiger partial charge in [-0.1, -0.05) is 0 Å². The van der Waals surface area contributed by atoms with Crippen LogP contribution in [0.25, 0.3) is 0 Å². The molecule has 0 saturated carbocycles. The molecule has 2 aromatic rings. The molecule has 0 aliphatic heterocycles. The number of nitrogens with zero attached hydrogens (tertiary/aromatic N) is 1. The fourth-order valence-corrected chi connectivity index (χ4v) is 1.68. The van der Waals surface area contributed by atoms with Crippen LogP contribution in [-0.2, 0) is 0 Å². The fraction of sp³-hybridized carbons (Fsp3) is 0.250. The van der Waals surface area contributed by atoms with Crippen LogP contribution in [0, 0.1) is 19.7 Å². The van der Waals surface area contributed by atoms with E-state index in [1.807, 2.05) is 0 Å². The number of aryl methyl sites for hydroxylation is 2. The van der Waals surface area contributed by atoms with E-state index >= 15 is 0 Å². The molecular formula is C12H12FNO2. The van der Waals surface area contributed by atoms with Gasteiger partial charge in [0.1, 0.15) is 23.4 Å². The molecule has 1 atom stereocenters. The van der Waals surface area contributed by atoms with Crippen LogP contribution in [0.15, 0.2) is 28.9 Å². The second-order valence-corrected chi connectivity index (χ2v) is 3.71. The molecule has 84 valence electrons. The van der Waals surface area contributed by atoms with Crippen molar-refractivity contribution in [3.05, 3.63) is 53.0 Å². The molecule has 0 aliphatic rings. The molecule has 0 amide bonds. The Morgan fingerprint density at radius 1 is 1.31 bits per heavy atom. The molecule has 0 aliphatic carbocycles. The minimum atomic E-state index is -0.902. The van der Waals surface area contributed by atoms with Gasteiger partial charge in [0.2, 0.25) is 0 Å². The van der Waals surface area contributed by atoms with Crippen molar-refractivity contribution >= 4 is 0 Å². The number of furan rings is 1. The molecule has 2 aromatic heterocycles. The largest absolute Gasteiger partial charge is 0.466 e. The number of aliphatic hydroxyl groups excluding tert-OH is 1. The van der Waals surface area contributed by atoms with E-state index in [0.29, 0.717) is 16.9 Å². The summed E-state index contributed by atoms with van der Waals surface area (Å²) < 4.78 is 18.3. The van der Waals surface area contributed by atoms with Crippen LogP contribution in [0.3, 0.4) is 0 Å². The molecule has 16 heavy (non-hydrogen) atoms. The first-order chi connectivity index (χ1) is 7.58. The zero-order chi connectivity index (χ0) is 11.7. The van der Waals surface area contributed by atoms with Crippen LogP contribution in [-0.4, -0.2) is 10.1 Å². The Kier molecular flexibility index (Phi) is 2.75. The van der Waals surface area contributed by atoms with Gasteiger partial charge in [0.15, 0.2) is 0 Å². The average Bonchev–Trinajstić information content (AvgIpc) is 2.57. The molecule has 4 heteroatoms. The molecule has 0 spiro atoms. The highest BCUT2D eigenvalue weighted by Gasteiger charge is 2.17. The van der Waals surface area contributed by atoms with E-state index in [1.54, 1.807) is 19.9 Å². The third-order valence-corrected chi connectivity index (χ3v) is 2.42. The second kappa shape index (κ2) is 4.06. The summed E-state index contributed by atoms with van der Waals surface area (Å²) in [6.07, 6.45) is 1.64. The summed E-state index contributed by atoms with van der Waals surface area (Å²) >= 11 is 0. The highest BCUT2D eigenvalue weighted by molar-refractivity contribution is 5.31. The van der Waals surface area contributed by atoms with Gasteiger partial charge >= 0.3 is 0 Å². The number of hydrogen-bond donors (Lipinski definition) is 1. The van der Waals surface area contributed by atoms with E-state index in [4.69, 9.17) is 4.42 Å². The van der Waals surface area contributed by atoms with Crippen molar-refractivity contribution in [2.24, 2.45) is 0 Å². The maximum Gasteiger partial charge on any atom is 0.141 e. The van der Waals surface area contributed by atoms with Crippen molar-refractivity contribution in [1.82, 2.24) is 4.98 Å². The number of aliphatic hydroxyl groups is 1. The van der Waals surface area contributed by atoms with Gasteiger partial charge in [0.25, 0.3) is 0 Å². The van der Waals surface area contributed by atoms with E-state index in [9.17, 15) is 9.50 Å². The summed E-state index contributed by atoms with van der Waals surface area (Å²) in [5.74, 6) is 0.889. The normalized spacial score (nSPS) is 12.8. The van der Waals surface area contributed by atoms with E-state index < -0.39 is 11.9 Å². The number of rotatable bonds is 2. The molecule has 0 saturated heterocycles. The average molecular weight is 221 g/mol. The van der Waals surface area contributed by atoms with Gasteiger partial charge in [-0.15, -0.1) is 0 Å². The SMILES string of the molecule is Cc1cc(C(O)c2cncc(F)c2)c(C)o1. The van der Waals surface area contributed by atoms with Gasteiger partial charge in [0.05, 0.1) is 6.20 Å². The minimum Gasteiger partial charge on any atom is -0.466 e. The Hall–Kier alpha value is -1.68. The number of pyridine rings is 1. The van der Waals surface area contributed by atoms with E-state index in [-0.39, 0.29) is 0 Å². The molecule has 2 rings (SSSR count). The lowest BCUT2D eigenvalue weighted by Crippen LogP contribution is -2.01. The first-order valence-electron chi connectivity index (χ1n) is 4.93. The van der Waals surface area contributed by atoms with Crippen molar-refractivity contribution in [3.8, 4) is 0 Å². The molecule has 2 heterocycles. The number of halogens is 1. The summed E-state index contributed by atoms with van der Waals surface area (Å²) in [5.41, 5.74) is 1.06. The zero-order valence-corrected chi connectivity index (χ0v) is 9.07. The molecule has 0 fully saturated rings. The van der Waals surface area contributed by atoms with Gasteiger partial charge in [-0.25, -0.2) is 4.39 Å². The van der Waals surface area contributed by atoms with Crippen molar-refractivity contribution in [2.75, 3.05) is 0 Å². The number of hydrogen-bond acceptors (Lipinski definition) is 3.